The Morgan fingerprint density at radius 3 is 2.64 bits per heavy atom. The van der Waals surface area contributed by atoms with E-state index in [9.17, 15) is 19.5 Å². The van der Waals surface area contributed by atoms with Crippen molar-refractivity contribution in [3.63, 3.8) is 0 Å². The molecule has 1 aromatic carbocycles. The van der Waals surface area contributed by atoms with E-state index in [0.717, 1.165) is 22.0 Å². The zero-order valence-corrected chi connectivity index (χ0v) is 22.2. The zero-order valence-electron chi connectivity index (χ0n) is 22.2. The monoisotopic (exact) mass is 497 g/mol. The topological polar surface area (TPSA) is 109 Å². The van der Waals surface area contributed by atoms with Crippen molar-refractivity contribution in [3.05, 3.63) is 41.6 Å². The standard InChI is InChI=1S/C28H39N3O5/c1-18(2)23-16-31(26(34)36-27(4,5)6)12-11-28(23,35)22-8-9-24-20(14-22)13-21(15-29-24)19(3)7-10-25(33)30-17-32/h8-9,13-15,17-19,23,35H,7,10-12,16H2,1-6H3,(H,30,32,33). The molecule has 3 unspecified atom stereocenters. The van der Waals surface area contributed by atoms with Crippen LogP contribution in [0.5, 0.6) is 0 Å². The summed E-state index contributed by atoms with van der Waals surface area (Å²) in [5.41, 5.74) is 0.968. The lowest BCUT2D eigenvalue weighted by Gasteiger charge is -2.46. The van der Waals surface area contributed by atoms with Gasteiger partial charge in [-0.15, -0.1) is 0 Å². The van der Waals surface area contributed by atoms with Gasteiger partial charge < -0.3 is 14.7 Å². The van der Waals surface area contributed by atoms with Gasteiger partial charge in [0.15, 0.2) is 0 Å². The van der Waals surface area contributed by atoms with Crippen LogP contribution < -0.4 is 5.32 Å². The van der Waals surface area contributed by atoms with Crippen LogP contribution in [0.15, 0.2) is 30.5 Å². The van der Waals surface area contributed by atoms with Crippen molar-refractivity contribution in [2.45, 2.75) is 77.9 Å². The molecule has 1 fully saturated rings. The highest BCUT2D eigenvalue weighted by atomic mass is 16.6. The summed E-state index contributed by atoms with van der Waals surface area (Å²) in [7, 11) is 0. The van der Waals surface area contributed by atoms with Gasteiger partial charge >= 0.3 is 6.09 Å². The van der Waals surface area contributed by atoms with Gasteiger partial charge in [-0.3, -0.25) is 19.9 Å². The number of likely N-dealkylation sites (tertiary alicyclic amines) is 1. The number of piperidine rings is 1. The van der Waals surface area contributed by atoms with Crippen molar-refractivity contribution in [3.8, 4) is 0 Å². The number of rotatable bonds is 7. The Hall–Kier alpha value is -3.00. The lowest BCUT2D eigenvalue weighted by molar-refractivity contribution is -0.125. The Labute approximate surface area is 213 Å². The Kier molecular flexibility index (Phi) is 8.39. The number of fused-ring (bicyclic) bond motifs is 1. The third kappa shape index (κ3) is 6.40. The minimum Gasteiger partial charge on any atom is -0.444 e. The lowest BCUT2D eigenvalue weighted by Crippen LogP contribution is -2.54. The number of benzene rings is 1. The molecule has 8 nitrogen and oxygen atoms in total. The molecule has 1 aromatic heterocycles. The highest BCUT2D eigenvalue weighted by Crippen LogP contribution is 2.42. The maximum absolute atomic E-state index is 12.7. The summed E-state index contributed by atoms with van der Waals surface area (Å²) in [5.74, 6) is -0.250. The summed E-state index contributed by atoms with van der Waals surface area (Å²) >= 11 is 0. The Morgan fingerprint density at radius 1 is 1.28 bits per heavy atom. The van der Waals surface area contributed by atoms with E-state index in [1.54, 1.807) is 4.90 Å². The highest BCUT2D eigenvalue weighted by molar-refractivity contribution is 5.85. The third-order valence-electron chi connectivity index (χ3n) is 7.05. The van der Waals surface area contributed by atoms with Crippen LogP contribution in [0, 0.1) is 11.8 Å². The third-order valence-corrected chi connectivity index (χ3v) is 7.05. The molecule has 0 aliphatic carbocycles. The lowest BCUT2D eigenvalue weighted by atomic mass is 9.71. The molecule has 0 radical (unpaired) electrons. The van der Waals surface area contributed by atoms with Crippen LogP contribution in [0.1, 0.15) is 77.8 Å². The first-order valence-electron chi connectivity index (χ1n) is 12.7. The number of nitrogens with one attached hydrogen (secondary N) is 1. The molecule has 0 saturated carbocycles. The van der Waals surface area contributed by atoms with Gasteiger partial charge in [-0.2, -0.15) is 0 Å². The maximum Gasteiger partial charge on any atom is 0.410 e. The summed E-state index contributed by atoms with van der Waals surface area (Å²) in [4.78, 5) is 41.1. The first kappa shape index (κ1) is 27.6. The van der Waals surface area contributed by atoms with Crippen LogP contribution in [0.2, 0.25) is 0 Å². The van der Waals surface area contributed by atoms with Gasteiger partial charge in [0.25, 0.3) is 0 Å². The number of ether oxygens (including phenoxy) is 1. The number of nitrogens with zero attached hydrogens (tertiary/aromatic N) is 2. The van der Waals surface area contributed by atoms with Crippen LogP contribution in [-0.2, 0) is 19.9 Å². The molecule has 2 N–H and O–H groups in total. The molecule has 1 saturated heterocycles. The van der Waals surface area contributed by atoms with E-state index in [0.29, 0.717) is 32.3 Å². The first-order valence-corrected chi connectivity index (χ1v) is 12.7. The molecule has 196 valence electrons. The second kappa shape index (κ2) is 10.9. The van der Waals surface area contributed by atoms with Crippen LogP contribution in [0.25, 0.3) is 10.9 Å². The number of amides is 3. The summed E-state index contributed by atoms with van der Waals surface area (Å²) in [6.07, 6.45) is 3.12. The molecular formula is C28H39N3O5. The molecule has 3 amide bonds. The van der Waals surface area contributed by atoms with Gasteiger partial charge in [0.05, 0.1) is 11.1 Å². The number of hydrogen-bond donors (Lipinski definition) is 2. The molecule has 1 aliphatic rings. The van der Waals surface area contributed by atoms with Crippen molar-refractivity contribution in [2.24, 2.45) is 11.8 Å². The fraction of sp³-hybridized carbons (Fsp3) is 0.571. The van der Waals surface area contributed by atoms with Gasteiger partial charge in [-0.25, -0.2) is 4.79 Å². The van der Waals surface area contributed by atoms with Crippen molar-refractivity contribution in [1.29, 1.82) is 0 Å². The normalized spacial score (nSPS) is 21.3. The number of carbonyl (C=O) groups excluding carboxylic acids is 3. The molecule has 3 rings (SSSR count). The van der Waals surface area contributed by atoms with Crippen LogP contribution in [-0.4, -0.2) is 52.1 Å². The van der Waals surface area contributed by atoms with Crippen molar-refractivity contribution >= 4 is 29.3 Å². The predicted octanol–water partition coefficient (Wildman–Crippen LogP) is 4.49. The van der Waals surface area contributed by atoms with Crippen LogP contribution in [0.4, 0.5) is 4.79 Å². The fourth-order valence-corrected chi connectivity index (χ4v) is 4.92. The molecule has 3 atom stereocenters. The number of imide groups is 1. The molecule has 2 aromatic rings. The van der Waals surface area contributed by atoms with E-state index in [1.165, 1.54) is 0 Å². The molecule has 8 heteroatoms. The van der Waals surface area contributed by atoms with Crippen LogP contribution in [0.3, 0.4) is 0 Å². The molecule has 2 heterocycles. The van der Waals surface area contributed by atoms with Crippen molar-refractivity contribution in [1.82, 2.24) is 15.2 Å². The average Bonchev–Trinajstić information content (AvgIpc) is 2.81. The Bertz CT molecular complexity index is 1110. The number of hydrogen-bond acceptors (Lipinski definition) is 6. The largest absolute Gasteiger partial charge is 0.444 e. The summed E-state index contributed by atoms with van der Waals surface area (Å²) in [6, 6.07) is 7.90. The van der Waals surface area contributed by atoms with E-state index in [2.05, 4.69) is 30.2 Å². The van der Waals surface area contributed by atoms with Crippen molar-refractivity contribution < 1.29 is 24.2 Å². The number of aliphatic hydroxyl groups is 1. The Morgan fingerprint density at radius 2 is 2.00 bits per heavy atom. The van der Waals surface area contributed by atoms with Gasteiger partial charge in [-0.1, -0.05) is 26.8 Å². The van der Waals surface area contributed by atoms with Gasteiger partial charge in [0.2, 0.25) is 12.3 Å². The van der Waals surface area contributed by atoms with E-state index in [-0.39, 0.29) is 36.2 Å². The second-order valence-electron chi connectivity index (χ2n) is 11.3. The van der Waals surface area contributed by atoms with E-state index < -0.39 is 11.2 Å². The second-order valence-corrected chi connectivity index (χ2v) is 11.3. The zero-order chi connectivity index (χ0) is 26.7. The minimum absolute atomic E-state index is 0.0755. The fourth-order valence-electron chi connectivity index (χ4n) is 4.92. The van der Waals surface area contributed by atoms with E-state index in [1.807, 2.05) is 52.1 Å². The first-order chi connectivity index (χ1) is 16.8. The SMILES string of the molecule is CC(CCC(=O)NC=O)c1cnc2ccc(C3(O)CCN(C(=O)OC(C)(C)C)CC3C(C)C)cc2c1. The Balaban J connectivity index is 1.85. The summed E-state index contributed by atoms with van der Waals surface area (Å²) in [5, 5.41) is 15.1. The number of pyridine rings is 1. The van der Waals surface area contributed by atoms with E-state index >= 15 is 0 Å². The summed E-state index contributed by atoms with van der Waals surface area (Å²) in [6.45, 7) is 12.5. The maximum atomic E-state index is 12.7. The van der Waals surface area contributed by atoms with Crippen molar-refractivity contribution in [2.75, 3.05) is 13.1 Å². The highest BCUT2D eigenvalue weighted by Gasteiger charge is 2.46. The van der Waals surface area contributed by atoms with Crippen LogP contribution >= 0.6 is 0 Å². The molecule has 0 spiro atoms. The van der Waals surface area contributed by atoms with E-state index in [4.69, 9.17) is 4.74 Å². The molecule has 36 heavy (non-hydrogen) atoms. The molecule has 0 bridgehead atoms. The quantitative estimate of drug-likeness (QED) is 0.546. The average molecular weight is 498 g/mol. The molecule has 1 aliphatic heterocycles. The number of aromatic nitrogens is 1. The minimum atomic E-state index is -1.09. The smallest absolute Gasteiger partial charge is 0.410 e. The molecular weight excluding hydrogens is 458 g/mol. The predicted molar refractivity (Wildman–Crippen MR) is 138 cm³/mol. The van der Waals surface area contributed by atoms with Gasteiger partial charge in [-0.05, 0) is 74.8 Å². The van der Waals surface area contributed by atoms with Gasteiger partial charge in [0.1, 0.15) is 5.60 Å². The summed E-state index contributed by atoms with van der Waals surface area (Å²) < 4.78 is 5.58. The number of carbonyl (C=O) groups is 3. The van der Waals surface area contributed by atoms with Gasteiger partial charge in [0, 0.05) is 37.0 Å².